The molecular formula is C4H4MoO7. The van der Waals surface area contributed by atoms with Crippen molar-refractivity contribution in [1.82, 2.24) is 0 Å². The van der Waals surface area contributed by atoms with E-state index in [4.69, 9.17) is 6.80 Å². The topological polar surface area (TPSA) is 124 Å². The van der Waals surface area contributed by atoms with Crippen LogP contribution < -0.4 is 10.2 Å². The molecule has 0 aromatic heterocycles. The molecule has 7 nitrogen and oxygen atoms in total. The fraction of sp³-hybridized carbons (Fsp3) is 0.500. The van der Waals surface area contributed by atoms with E-state index in [0.29, 0.717) is 0 Å². The Hall–Kier alpha value is -0.812. The molecular weight excluding hydrogens is 256 g/mol. The molecule has 0 rings (SSSR count). The van der Waals surface area contributed by atoms with Gasteiger partial charge >= 0.3 is 25.3 Å². The number of carbonyl (C=O) groups is 2. The van der Waals surface area contributed by atoms with Gasteiger partial charge in [0.2, 0.25) is 0 Å². The molecule has 0 heterocycles. The zero-order valence-corrected chi connectivity index (χ0v) is 7.69. The van der Waals surface area contributed by atoms with Gasteiger partial charge in [0.05, 0.1) is 25.2 Å². The second kappa shape index (κ2) is 10.2. The van der Waals surface area contributed by atoms with Crippen molar-refractivity contribution in [3.63, 3.8) is 0 Å². The summed E-state index contributed by atoms with van der Waals surface area (Å²) in [4.78, 5) is 19.1. The maximum atomic E-state index is 9.53. The molecule has 68 valence electrons. The van der Waals surface area contributed by atoms with Gasteiger partial charge in [-0.2, -0.15) is 0 Å². The minimum atomic E-state index is -2.03. The van der Waals surface area contributed by atoms with Gasteiger partial charge in [-0.3, -0.25) is 0 Å². The number of ether oxygens (including phenoxy) is 1. The van der Waals surface area contributed by atoms with Gasteiger partial charge in [-0.05, 0) is 0 Å². The summed E-state index contributed by atoms with van der Waals surface area (Å²) in [7, 11) is 0. The number of aliphatic carboxylic acids is 2. The number of hydrogen-bond acceptors (Lipinski definition) is 7. The standard InChI is InChI=1S/C4H6O5.Mo.2O/c5-3(6)1-9-2-4(7)8;;;/h1-2H2,(H,5,6)(H,7,8);;;/q;+2;;/p-2. The summed E-state index contributed by atoms with van der Waals surface area (Å²) in [6.07, 6.45) is 0. The fourth-order valence-electron chi connectivity index (χ4n) is 0.218. The third-order valence-corrected chi connectivity index (χ3v) is 0.440. The summed E-state index contributed by atoms with van der Waals surface area (Å²) in [6, 6.07) is 0. The molecule has 0 amide bonds. The maximum absolute atomic E-state index is 9.53. The van der Waals surface area contributed by atoms with E-state index in [1.165, 1.54) is 0 Å². The van der Waals surface area contributed by atoms with E-state index in [9.17, 15) is 19.8 Å². The molecule has 0 saturated heterocycles. The van der Waals surface area contributed by atoms with Crippen molar-refractivity contribution < 1.29 is 49.8 Å². The minimum absolute atomic E-state index is 0.714. The first-order valence-corrected chi connectivity index (χ1v) is 4.07. The van der Waals surface area contributed by atoms with E-state index in [2.05, 4.69) is 4.74 Å². The van der Waals surface area contributed by atoms with Crippen molar-refractivity contribution in [2.75, 3.05) is 13.2 Å². The zero-order valence-electron chi connectivity index (χ0n) is 5.68. The molecule has 8 heteroatoms. The Balaban J connectivity index is 0. The number of rotatable bonds is 4. The van der Waals surface area contributed by atoms with Crippen LogP contribution in [0.1, 0.15) is 0 Å². The van der Waals surface area contributed by atoms with E-state index < -0.39 is 43.6 Å². The van der Waals surface area contributed by atoms with Crippen LogP contribution in [0.25, 0.3) is 0 Å². The predicted molar refractivity (Wildman–Crippen MR) is 22.2 cm³/mol. The normalized spacial score (nSPS) is 7.33. The monoisotopic (exact) mass is 262 g/mol. The van der Waals surface area contributed by atoms with Gasteiger partial charge in [0.15, 0.2) is 0 Å². The van der Waals surface area contributed by atoms with Gasteiger partial charge < -0.3 is 24.5 Å². The van der Waals surface area contributed by atoms with Crippen molar-refractivity contribution in [1.29, 1.82) is 0 Å². The van der Waals surface area contributed by atoms with Crippen LogP contribution in [0.4, 0.5) is 0 Å². The summed E-state index contributed by atoms with van der Waals surface area (Å²) >= 11 is -2.03. The second-order valence-corrected chi connectivity index (χ2v) is 1.64. The van der Waals surface area contributed by atoms with Crippen LogP contribution in [0.2, 0.25) is 0 Å². The van der Waals surface area contributed by atoms with Crippen LogP contribution in [0, 0.1) is 0 Å². The van der Waals surface area contributed by atoms with Gasteiger partial charge in [-0.15, -0.1) is 0 Å². The molecule has 0 bridgehead atoms. The van der Waals surface area contributed by atoms with E-state index >= 15 is 0 Å². The Morgan fingerprint density at radius 3 is 1.50 bits per heavy atom. The molecule has 0 fully saturated rings. The van der Waals surface area contributed by atoms with E-state index in [1.807, 2.05) is 0 Å². The molecule has 0 unspecified atom stereocenters. The van der Waals surface area contributed by atoms with Crippen LogP contribution in [0.3, 0.4) is 0 Å². The molecule has 0 atom stereocenters. The van der Waals surface area contributed by atoms with Crippen molar-refractivity contribution in [2.45, 2.75) is 0 Å². The molecule has 0 aliphatic carbocycles. The van der Waals surface area contributed by atoms with Crippen molar-refractivity contribution in [3.8, 4) is 0 Å². The van der Waals surface area contributed by atoms with Crippen LogP contribution in [-0.2, 0) is 39.6 Å². The van der Waals surface area contributed by atoms with Gasteiger partial charge in [-0.1, -0.05) is 0 Å². The van der Waals surface area contributed by atoms with Crippen LogP contribution in [0.15, 0.2) is 0 Å². The van der Waals surface area contributed by atoms with E-state index in [0.717, 1.165) is 0 Å². The SMILES string of the molecule is O=C([O-])COCC(=O)[O-].[O]=[Mo+2]=[O]. The fourth-order valence-corrected chi connectivity index (χ4v) is 0.218. The summed E-state index contributed by atoms with van der Waals surface area (Å²) in [6.45, 7) is -1.43. The first-order valence-electron chi connectivity index (χ1n) is 2.43. The van der Waals surface area contributed by atoms with Crippen molar-refractivity contribution >= 4 is 11.9 Å². The molecule has 12 heavy (non-hydrogen) atoms. The predicted octanol–water partition coefficient (Wildman–Crippen LogP) is -3.74. The number of carboxylic acid groups (broad SMARTS) is 2. The molecule has 0 radical (unpaired) electrons. The Labute approximate surface area is 75.5 Å². The van der Waals surface area contributed by atoms with Gasteiger partial charge in [-0.25, -0.2) is 0 Å². The van der Waals surface area contributed by atoms with Crippen LogP contribution in [0.5, 0.6) is 0 Å². The van der Waals surface area contributed by atoms with Gasteiger partial charge in [0.25, 0.3) is 0 Å². The average molecular weight is 260 g/mol. The number of carbonyl (C=O) groups excluding carboxylic acids is 2. The Morgan fingerprint density at radius 1 is 1.08 bits per heavy atom. The van der Waals surface area contributed by atoms with Crippen molar-refractivity contribution in [3.05, 3.63) is 0 Å². The van der Waals surface area contributed by atoms with Crippen LogP contribution in [-0.4, -0.2) is 25.2 Å². The summed E-state index contributed by atoms with van der Waals surface area (Å²) in [5.41, 5.74) is 0. The molecule has 0 aliphatic rings. The number of hydrogen-bond donors (Lipinski definition) is 0. The summed E-state index contributed by atoms with van der Waals surface area (Å²) in [5.74, 6) is -2.90. The number of carboxylic acids is 2. The third kappa shape index (κ3) is 22.9. The average Bonchev–Trinajstić information content (AvgIpc) is 1.87. The molecule has 0 spiro atoms. The first kappa shape index (κ1) is 13.8. The van der Waals surface area contributed by atoms with E-state index in [-0.39, 0.29) is 0 Å². The van der Waals surface area contributed by atoms with Gasteiger partial charge in [0.1, 0.15) is 0 Å². The Kier molecular flexibility index (Phi) is 11.7. The summed E-state index contributed by atoms with van der Waals surface area (Å²) < 4.78 is 21.0. The molecule has 0 aromatic rings. The summed E-state index contributed by atoms with van der Waals surface area (Å²) in [5, 5.41) is 19.1. The molecule has 0 aliphatic heterocycles. The third-order valence-electron chi connectivity index (χ3n) is 0.440. The van der Waals surface area contributed by atoms with Crippen LogP contribution >= 0.6 is 0 Å². The molecule has 0 saturated carbocycles. The quantitative estimate of drug-likeness (QED) is 0.475. The zero-order chi connectivity index (χ0) is 9.98. The first-order chi connectivity index (χ1) is 5.54. The Bertz CT molecular complexity index is 168. The van der Waals surface area contributed by atoms with Gasteiger partial charge in [0, 0.05) is 0 Å². The molecule has 0 aromatic carbocycles. The second-order valence-electron chi connectivity index (χ2n) is 1.30. The van der Waals surface area contributed by atoms with Crippen molar-refractivity contribution in [2.24, 2.45) is 0 Å². The van der Waals surface area contributed by atoms with E-state index in [1.54, 1.807) is 0 Å². The Morgan fingerprint density at radius 2 is 1.33 bits per heavy atom. The molecule has 0 N–H and O–H groups in total.